The molecule has 0 aliphatic carbocycles. The summed E-state index contributed by atoms with van der Waals surface area (Å²) in [5.41, 5.74) is 6.97. The molecule has 3 heterocycles. The highest BCUT2D eigenvalue weighted by Gasteiger charge is 2.40. The molecule has 2 saturated heterocycles. The van der Waals surface area contributed by atoms with Gasteiger partial charge in [0.15, 0.2) is 23.2 Å². The Labute approximate surface area is 305 Å². The molecule has 280 valence electrons. The van der Waals surface area contributed by atoms with Crippen LogP contribution in [0, 0.1) is 11.6 Å². The van der Waals surface area contributed by atoms with E-state index < -0.39 is 41.7 Å². The zero-order valence-electron chi connectivity index (χ0n) is 29.0. The zero-order valence-corrected chi connectivity index (χ0v) is 29.8. The van der Waals surface area contributed by atoms with E-state index in [4.69, 9.17) is 15.2 Å². The van der Waals surface area contributed by atoms with Gasteiger partial charge in [-0.3, -0.25) is 14.4 Å². The summed E-state index contributed by atoms with van der Waals surface area (Å²) in [7, 11) is 0. The zero-order chi connectivity index (χ0) is 36.9. The van der Waals surface area contributed by atoms with E-state index in [1.54, 1.807) is 30.5 Å². The number of nitrogens with two attached hydrogens (primary N) is 1. The molecule has 2 aliphatic heterocycles. The average Bonchev–Trinajstić information content (AvgIpc) is 3.86. The van der Waals surface area contributed by atoms with Crippen molar-refractivity contribution in [2.24, 2.45) is 5.73 Å². The number of carbonyl (C=O) groups is 3. The van der Waals surface area contributed by atoms with Gasteiger partial charge in [-0.25, -0.2) is 13.5 Å². The average molecular weight is 741 g/mol. The number of nitrogens with one attached hydrogen (secondary N) is 4. The monoisotopic (exact) mass is 740 g/mol. The van der Waals surface area contributed by atoms with Crippen LogP contribution in [-0.4, -0.2) is 88.0 Å². The van der Waals surface area contributed by atoms with E-state index in [0.717, 1.165) is 43.0 Å². The third-order valence-electron chi connectivity index (χ3n) is 8.82. The van der Waals surface area contributed by atoms with Crippen molar-refractivity contribution in [3.05, 3.63) is 84.0 Å². The van der Waals surface area contributed by atoms with Crippen molar-refractivity contribution in [2.45, 2.75) is 74.9 Å². The number of rotatable bonds is 21. The second-order valence-corrected chi connectivity index (χ2v) is 14.0. The summed E-state index contributed by atoms with van der Waals surface area (Å²) in [6.45, 7) is 4.61. The Balaban J connectivity index is 1.02. The number of amides is 2. The molecule has 2 amide bonds. The van der Waals surface area contributed by atoms with Gasteiger partial charge >= 0.3 is 0 Å². The van der Waals surface area contributed by atoms with Crippen LogP contribution in [0.1, 0.15) is 61.0 Å². The van der Waals surface area contributed by atoms with Gasteiger partial charge < -0.3 is 36.5 Å². The number of thioether (sulfide) groups is 1. The first-order valence-electron chi connectivity index (χ1n) is 17.5. The van der Waals surface area contributed by atoms with Crippen molar-refractivity contribution in [1.29, 1.82) is 0 Å². The molecule has 16 heteroatoms. The van der Waals surface area contributed by atoms with Gasteiger partial charge in [0.1, 0.15) is 12.3 Å². The number of benzene rings is 2. The molecule has 1 aromatic heterocycles. The number of Topliss-reactive ketones (excluding diaryl/α,β-unsaturated/α-hetero) is 1. The number of unbranched alkanes of at least 4 members (excludes halogenated alkanes) is 2. The van der Waals surface area contributed by atoms with Crippen LogP contribution in [-0.2, 0) is 20.9 Å². The smallest absolute Gasteiger partial charge is 0.251 e. The molecule has 5 rings (SSSR count). The number of ether oxygens (including phenoxy) is 2. The van der Waals surface area contributed by atoms with Crippen LogP contribution in [0.3, 0.4) is 0 Å². The predicted molar refractivity (Wildman–Crippen MR) is 193 cm³/mol. The Morgan fingerprint density at radius 1 is 1.10 bits per heavy atom. The van der Waals surface area contributed by atoms with E-state index in [-0.39, 0.29) is 24.5 Å². The number of hydrogen-bond acceptors (Lipinski definition) is 11. The van der Waals surface area contributed by atoms with E-state index in [0.29, 0.717) is 67.7 Å². The quantitative estimate of drug-likeness (QED) is 0.102. The molecule has 3 aromatic rings. The highest BCUT2D eigenvalue weighted by Crippen LogP contribution is 2.34. The normalized spacial score (nSPS) is 18.3. The number of aromatic nitrogens is 3. The lowest BCUT2D eigenvalue weighted by molar-refractivity contribution is -0.123. The summed E-state index contributed by atoms with van der Waals surface area (Å²) < 4.78 is 40.3. The van der Waals surface area contributed by atoms with Gasteiger partial charge in [0.2, 0.25) is 5.91 Å². The minimum absolute atomic E-state index is 0.00185. The van der Waals surface area contributed by atoms with Crippen molar-refractivity contribution in [2.75, 3.05) is 32.1 Å². The van der Waals surface area contributed by atoms with Crippen LogP contribution >= 0.6 is 11.8 Å². The Kier molecular flexibility index (Phi) is 14.4. The maximum Gasteiger partial charge on any atom is 0.251 e. The van der Waals surface area contributed by atoms with Crippen molar-refractivity contribution in [3.8, 4) is 11.4 Å². The fourth-order valence-corrected chi connectivity index (χ4v) is 7.64. The second kappa shape index (κ2) is 19.3. The number of ketones is 1. The summed E-state index contributed by atoms with van der Waals surface area (Å²) >= 11 is 1.98. The molecule has 0 spiro atoms. The molecule has 2 fully saturated rings. The first-order valence-corrected chi connectivity index (χ1v) is 18.6. The lowest BCUT2D eigenvalue weighted by Gasteiger charge is -2.18. The maximum absolute atomic E-state index is 14.0. The number of hydrogen-bond donors (Lipinski definition) is 5. The van der Waals surface area contributed by atoms with Gasteiger partial charge in [0.05, 0.1) is 49.0 Å². The SMILES string of the molecule is C=C1N[C@H]2[C@H](CS[C@H]2CCCCC(=O)NCCOCc2cn(-c3cccc(C(=O)N[C@@H](CCCCN)C(=O)COc4c(F)cccc4F)c3)nn2)N1. The summed E-state index contributed by atoms with van der Waals surface area (Å²) in [5, 5.41) is 21.3. The molecule has 0 bridgehead atoms. The first-order chi connectivity index (χ1) is 25.2. The van der Waals surface area contributed by atoms with Crippen LogP contribution in [0.5, 0.6) is 5.75 Å². The van der Waals surface area contributed by atoms with Crippen LogP contribution in [0.4, 0.5) is 8.78 Å². The number of fused-ring (bicyclic) bond motifs is 1. The molecule has 6 N–H and O–H groups in total. The lowest BCUT2D eigenvalue weighted by Crippen LogP contribution is -2.43. The minimum atomic E-state index is -0.963. The molecule has 13 nitrogen and oxygen atoms in total. The van der Waals surface area contributed by atoms with E-state index in [1.165, 1.54) is 10.7 Å². The Bertz CT molecular complexity index is 1670. The second-order valence-electron chi connectivity index (χ2n) is 12.7. The summed E-state index contributed by atoms with van der Waals surface area (Å²) in [6.07, 6.45) is 6.50. The minimum Gasteiger partial charge on any atom is -0.480 e. The highest BCUT2D eigenvalue weighted by molar-refractivity contribution is 8.00. The standard InChI is InChI=1S/C36H46F2N8O5S/c1-23-41-30-22-52-32(34(30)42-23)13-2-3-14-33(48)40-16-17-50-20-25-19-46(45-44-25)26-9-6-8-24(18-26)36(49)43-29(12-4-5-15-39)31(47)21-51-35-27(37)10-7-11-28(35)38/h6-11,18-19,29-30,32,34,41-42H,1-5,12-17,20-22,39H2,(H,40,48)(H,43,49)/t29-,30-,32-,34-/m0/s1. The van der Waals surface area contributed by atoms with E-state index in [2.05, 4.69) is 38.2 Å². The Hall–Kier alpha value is -4.54. The summed E-state index contributed by atoms with van der Waals surface area (Å²) in [5.74, 6) is -1.58. The fourth-order valence-electron chi connectivity index (χ4n) is 6.10. The van der Waals surface area contributed by atoms with Gasteiger partial charge in [0, 0.05) is 29.5 Å². The van der Waals surface area contributed by atoms with Gasteiger partial charge in [-0.1, -0.05) is 30.3 Å². The van der Waals surface area contributed by atoms with Crippen molar-refractivity contribution in [1.82, 2.24) is 36.3 Å². The topological polar surface area (TPSA) is 175 Å². The first kappa shape index (κ1) is 38.7. The van der Waals surface area contributed by atoms with Gasteiger partial charge in [-0.15, -0.1) is 5.10 Å². The van der Waals surface area contributed by atoms with E-state index >= 15 is 0 Å². The van der Waals surface area contributed by atoms with Crippen LogP contribution in [0.2, 0.25) is 0 Å². The largest absolute Gasteiger partial charge is 0.480 e. The fraction of sp³-hybridized carbons (Fsp3) is 0.472. The van der Waals surface area contributed by atoms with Gasteiger partial charge in [-0.2, -0.15) is 11.8 Å². The highest BCUT2D eigenvalue weighted by atomic mass is 32.2. The third kappa shape index (κ3) is 11.0. The van der Waals surface area contributed by atoms with E-state index in [1.807, 2.05) is 11.8 Å². The van der Waals surface area contributed by atoms with Crippen molar-refractivity contribution < 1.29 is 32.6 Å². The molecule has 4 atom stereocenters. The molecule has 0 radical (unpaired) electrons. The molecule has 52 heavy (non-hydrogen) atoms. The number of halogens is 2. The van der Waals surface area contributed by atoms with Gasteiger partial charge in [-0.05, 0) is 69.0 Å². The Morgan fingerprint density at radius 3 is 2.71 bits per heavy atom. The number of carbonyl (C=O) groups excluding carboxylic acids is 3. The van der Waals surface area contributed by atoms with Crippen LogP contribution < -0.4 is 31.7 Å². The molecule has 2 aliphatic rings. The van der Waals surface area contributed by atoms with Crippen molar-refractivity contribution in [3.63, 3.8) is 0 Å². The summed E-state index contributed by atoms with van der Waals surface area (Å²) in [6, 6.07) is 9.77. The molecule has 0 unspecified atom stereocenters. The predicted octanol–water partition coefficient (Wildman–Crippen LogP) is 3.13. The number of para-hydroxylation sites is 1. The van der Waals surface area contributed by atoms with Gasteiger partial charge in [0.25, 0.3) is 5.91 Å². The Morgan fingerprint density at radius 2 is 1.90 bits per heavy atom. The molecule has 2 aromatic carbocycles. The molecular formula is C36H46F2N8O5S. The van der Waals surface area contributed by atoms with Crippen molar-refractivity contribution >= 4 is 29.4 Å². The number of nitrogens with zero attached hydrogens (tertiary/aromatic N) is 3. The lowest BCUT2D eigenvalue weighted by atomic mass is 10.0. The van der Waals surface area contributed by atoms with E-state index in [9.17, 15) is 23.2 Å². The van der Waals surface area contributed by atoms with Crippen LogP contribution in [0.25, 0.3) is 5.69 Å². The molecular weight excluding hydrogens is 695 g/mol. The summed E-state index contributed by atoms with van der Waals surface area (Å²) in [4.78, 5) is 38.5. The third-order valence-corrected chi connectivity index (χ3v) is 10.3. The van der Waals surface area contributed by atoms with Crippen LogP contribution in [0.15, 0.2) is 61.1 Å². The molecule has 0 saturated carbocycles. The maximum atomic E-state index is 14.0.